The first-order valence-electron chi connectivity index (χ1n) is 5.12. The fourth-order valence-electron chi connectivity index (χ4n) is 1.39. The van der Waals surface area contributed by atoms with E-state index in [4.69, 9.17) is 10.5 Å². The van der Waals surface area contributed by atoms with E-state index < -0.39 is 0 Å². The van der Waals surface area contributed by atoms with Gasteiger partial charge in [-0.15, -0.1) is 0 Å². The SMILES string of the molecule is COc1ccc(N)c(Nc2cc(F)ccc2Br)n1. The van der Waals surface area contributed by atoms with Crippen molar-refractivity contribution in [3.8, 4) is 5.88 Å². The van der Waals surface area contributed by atoms with Gasteiger partial charge in [-0.05, 0) is 40.2 Å². The molecule has 0 bridgehead atoms. The van der Waals surface area contributed by atoms with Crippen LogP contribution in [0.15, 0.2) is 34.8 Å². The molecule has 1 heterocycles. The summed E-state index contributed by atoms with van der Waals surface area (Å²) in [5, 5.41) is 2.95. The minimum atomic E-state index is -0.345. The number of hydrogen-bond acceptors (Lipinski definition) is 4. The molecule has 94 valence electrons. The number of rotatable bonds is 3. The summed E-state index contributed by atoms with van der Waals surface area (Å²) in [6, 6.07) is 7.64. The molecule has 0 unspecified atom stereocenters. The van der Waals surface area contributed by atoms with Gasteiger partial charge in [-0.3, -0.25) is 0 Å². The lowest BCUT2D eigenvalue weighted by Gasteiger charge is -2.11. The lowest BCUT2D eigenvalue weighted by Crippen LogP contribution is -2.01. The number of benzene rings is 1. The van der Waals surface area contributed by atoms with Gasteiger partial charge in [-0.2, -0.15) is 4.98 Å². The molecule has 0 radical (unpaired) electrons. The Morgan fingerprint density at radius 3 is 2.83 bits per heavy atom. The van der Waals surface area contributed by atoms with E-state index in [-0.39, 0.29) is 5.82 Å². The second-order valence-electron chi connectivity index (χ2n) is 3.54. The maximum atomic E-state index is 13.2. The van der Waals surface area contributed by atoms with Crippen LogP contribution in [0.5, 0.6) is 5.88 Å². The second kappa shape index (κ2) is 5.22. The molecule has 0 saturated heterocycles. The number of methoxy groups -OCH3 is 1. The smallest absolute Gasteiger partial charge is 0.215 e. The second-order valence-corrected chi connectivity index (χ2v) is 4.39. The van der Waals surface area contributed by atoms with Crippen LogP contribution in [0, 0.1) is 5.82 Å². The molecule has 2 aromatic rings. The van der Waals surface area contributed by atoms with E-state index in [9.17, 15) is 4.39 Å². The Bertz CT molecular complexity index is 577. The lowest BCUT2D eigenvalue weighted by atomic mass is 10.3. The first-order chi connectivity index (χ1) is 8.60. The summed E-state index contributed by atoms with van der Waals surface area (Å²) in [6.45, 7) is 0. The molecule has 0 atom stereocenters. The summed E-state index contributed by atoms with van der Waals surface area (Å²) in [4.78, 5) is 4.16. The Hall–Kier alpha value is -1.82. The third-order valence-electron chi connectivity index (χ3n) is 2.29. The number of nitrogens with zero attached hydrogens (tertiary/aromatic N) is 1. The van der Waals surface area contributed by atoms with E-state index in [2.05, 4.69) is 26.2 Å². The zero-order valence-electron chi connectivity index (χ0n) is 9.58. The maximum absolute atomic E-state index is 13.2. The van der Waals surface area contributed by atoms with Crippen molar-refractivity contribution in [3.05, 3.63) is 40.6 Å². The monoisotopic (exact) mass is 311 g/mol. The molecule has 4 nitrogen and oxygen atoms in total. The average Bonchev–Trinajstić information content (AvgIpc) is 2.36. The van der Waals surface area contributed by atoms with Crippen molar-refractivity contribution in [2.75, 3.05) is 18.2 Å². The topological polar surface area (TPSA) is 60.2 Å². The predicted octanol–water partition coefficient (Wildman–Crippen LogP) is 3.32. The van der Waals surface area contributed by atoms with Crippen LogP contribution in [0.25, 0.3) is 0 Å². The van der Waals surface area contributed by atoms with E-state index in [1.165, 1.54) is 19.2 Å². The molecule has 18 heavy (non-hydrogen) atoms. The molecule has 1 aromatic carbocycles. The highest BCUT2D eigenvalue weighted by Gasteiger charge is 2.07. The van der Waals surface area contributed by atoms with E-state index in [1.807, 2.05) is 0 Å². The molecule has 0 aliphatic rings. The molecule has 0 aliphatic heterocycles. The summed E-state index contributed by atoms with van der Waals surface area (Å²) < 4.78 is 18.9. The molecule has 0 spiro atoms. The Balaban J connectivity index is 2.36. The Kier molecular flexibility index (Phi) is 3.66. The number of nitrogen functional groups attached to an aromatic ring is 1. The predicted molar refractivity (Wildman–Crippen MR) is 72.6 cm³/mol. The van der Waals surface area contributed by atoms with Crippen LogP contribution in [0.4, 0.5) is 21.6 Å². The Morgan fingerprint density at radius 1 is 1.33 bits per heavy atom. The van der Waals surface area contributed by atoms with Gasteiger partial charge in [0.15, 0.2) is 5.82 Å². The third-order valence-corrected chi connectivity index (χ3v) is 2.98. The fourth-order valence-corrected chi connectivity index (χ4v) is 1.73. The Labute approximate surface area is 112 Å². The highest BCUT2D eigenvalue weighted by Crippen LogP contribution is 2.29. The van der Waals surface area contributed by atoms with Crippen LogP contribution in [-0.2, 0) is 0 Å². The highest BCUT2D eigenvalue weighted by atomic mass is 79.9. The normalized spacial score (nSPS) is 10.2. The summed E-state index contributed by atoms with van der Waals surface area (Å²) in [5.74, 6) is 0.502. The molecule has 2 rings (SSSR count). The van der Waals surface area contributed by atoms with E-state index in [0.29, 0.717) is 27.5 Å². The Morgan fingerprint density at radius 2 is 2.11 bits per heavy atom. The van der Waals surface area contributed by atoms with Gasteiger partial charge in [-0.25, -0.2) is 4.39 Å². The van der Waals surface area contributed by atoms with Gasteiger partial charge in [0.1, 0.15) is 5.82 Å². The van der Waals surface area contributed by atoms with E-state index in [0.717, 1.165) is 0 Å². The third kappa shape index (κ3) is 2.70. The van der Waals surface area contributed by atoms with Crippen molar-refractivity contribution >= 4 is 33.1 Å². The minimum Gasteiger partial charge on any atom is -0.481 e. The van der Waals surface area contributed by atoms with Crippen molar-refractivity contribution in [3.63, 3.8) is 0 Å². The molecule has 1 aromatic heterocycles. The quantitative estimate of drug-likeness (QED) is 0.913. The standard InChI is InChI=1S/C12H11BrFN3O/c1-18-11-5-4-9(15)12(17-11)16-10-6-7(14)2-3-8(10)13/h2-6H,15H2,1H3,(H,16,17). The van der Waals surface area contributed by atoms with Gasteiger partial charge in [0.05, 0.1) is 18.5 Å². The first kappa shape index (κ1) is 12.6. The average molecular weight is 312 g/mol. The van der Waals surface area contributed by atoms with Crippen molar-refractivity contribution in [1.29, 1.82) is 0 Å². The number of nitrogens with two attached hydrogens (primary N) is 1. The molecule has 0 aliphatic carbocycles. The number of anilines is 3. The molecule has 6 heteroatoms. The zero-order chi connectivity index (χ0) is 13.1. The van der Waals surface area contributed by atoms with Crippen LogP contribution in [-0.4, -0.2) is 12.1 Å². The number of ether oxygens (including phenoxy) is 1. The maximum Gasteiger partial charge on any atom is 0.215 e. The van der Waals surface area contributed by atoms with Crippen molar-refractivity contribution in [1.82, 2.24) is 4.98 Å². The summed E-state index contributed by atoms with van der Waals surface area (Å²) in [7, 11) is 1.51. The van der Waals surface area contributed by atoms with Crippen LogP contribution in [0.3, 0.4) is 0 Å². The largest absolute Gasteiger partial charge is 0.481 e. The number of pyridine rings is 1. The van der Waals surface area contributed by atoms with Crippen LogP contribution < -0.4 is 15.8 Å². The fraction of sp³-hybridized carbons (Fsp3) is 0.0833. The molecule has 3 N–H and O–H groups in total. The van der Waals surface area contributed by atoms with Crippen LogP contribution >= 0.6 is 15.9 Å². The highest BCUT2D eigenvalue weighted by molar-refractivity contribution is 9.10. The van der Waals surface area contributed by atoms with Crippen LogP contribution in [0.2, 0.25) is 0 Å². The van der Waals surface area contributed by atoms with Gasteiger partial charge in [0.2, 0.25) is 5.88 Å². The zero-order valence-corrected chi connectivity index (χ0v) is 11.2. The number of halogens is 2. The molecular weight excluding hydrogens is 301 g/mol. The number of aromatic nitrogens is 1. The molecule has 0 saturated carbocycles. The van der Waals surface area contributed by atoms with Crippen molar-refractivity contribution in [2.45, 2.75) is 0 Å². The van der Waals surface area contributed by atoms with Gasteiger partial charge in [-0.1, -0.05) is 0 Å². The number of hydrogen-bond donors (Lipinski definition) is 2. The molecular formula is C12H11BrFN3O. The van der Waals surface area contributed by atoms with Crippen molar-refractivity contribution < 1.29 is 9.13 Å². The lowest BCUT2D eigenvalue weighted by molar-refractivity contribution is 0.398. The van der Waals surface area contributed by atoms with E-state index in [1.54, 1.807) is 18.2 Å². The number of nitrogens with one attached hydrogen (secondary N) is 1. The first-order valence-corrected chi connectivity index (χ1v) is 5.92. The summed E-state index contributed by atoms with van der Waals surface area (Å²) >= 11 is 3.32. The van der Waals surface area contributed by atoms with Crippen LogP contribution in [0.1, 0.15) is 0 Å². The molecule has 0 fully saturated rings. The minimum absolute atomic E-state index is 0.345. The van der Waals surface area contributed by atoms with Gasteiger partial charge < -0.3 is 15.8 Å². The van der Waals surface area contributed by atoms with Gasteiger partial charge in [0.25, 0.3) is 0 Å². The van der Waals surface area contributed by atoms with Gasteiger partial charge >= 0.3 is 0 Å². The molecule has 0 amide bonds. The summed E-state index contributed by atoms with van der Waals surface area (Å²) in [5.41, 5.74) is 6.79. The van der Waals surface area contributed by atoms with E-state index >= 15 is 0 Å². The van der Waals surface area contributed by atoms with Crippen molar-refractivity contribution in [2.24, 2.45) is 0 Å². The van der Waals surface area contributed by atoms with Gasteiger partial charge in [0, 0.05) is 10.5 Å². The summed E-state index contributed by atoms with van der Waals surface area (Å²) in [6.07, 6.45) is 0.